The van der Waals surface area contributed by atoms with E-state index in [1.54, 1.807) is 0 Å². The third-order valence-electron chi connectivity index (χ3n) is 3.37. The summed E-state index contributed by atoms with van der Waals surface area (Å²) in [7, 11) is 0. The average Bonchev–Trinajstić information content (AvgIpc) is 2.31. The van der Waals surface area contributed by atoms with Gasteiger partial charge in [-0.25, -0.2) is 0 Å². The van der Waals surface area contributed by atoms with Crippen molar-refractivity contribution in [1.29, 1.82) is 0 Å². The van der Waals surface area contributed by atoms with Crippen LogP contribution in [0, 0.1) is 5.92 Å². The van der Waals surface area contributed by atoms with Gasteiger partial charge in [0.25, 0.3) is 0 Å². The minimum Gasteiger partial charge on any atom is -0.494 e. The SMILES string of the molecule is CCOc1ccc(OCC)c(NCC2CCC2)c1. The van der Waals surface area contributed by atoms with Crippen LogP contribution in [0.3, 0.4) is 0 Å². The van der Waals surface area contributed by atoms with E-state index in [-0.39, 0.29) is 0 Å². The van der Waals surface area contributed by atoms with Crippen LogP contribution in [0.4, 0.5) is 5.69 Å². The zero-order valence-corrected chi connectivity index (χ0v) is 11.4. The van der Waals surface area contributed by atoms with Gasteiger partial charge in [-0.2, -0.15) is 0 Å². The molecule has 0 aliphatic heterocycles. The van der Waals surface area contributed by atoms with E-state index in [1.165, 1.54) is 19.3 Å². The zero-order chi connectivity index (χ0) is 12.8. The first-order chi connectivity index (χ1) is 8.83. The molecule has 0 unspecified atom stereocenters. The fraction of sp³-hybridized carbons (Fsp3) is 0.600. The Morgan fingerprint density at radius 2 is 1.94 bits per heavy atom. The third kappa shape index (κ3) is 3.31. The highest BCUT2D eigenvalue weighted by Crippen LogP contribution is 2.32. The highest BCUT2D eigenvalue weighted by Gasteiger charge is 2.17. The molecule has 3 heteroatoms. The Balaban J connectivity index is 2.03. The van der Waals surface area contributed by atoms with Gasteiger partial charge in [0, 0.05) is 12.6 Å². The highest BCUT2D eigenvalue weighted by molar-refractivity contribution is 5.59. The van der Waals surface area contributed by atoms with Gasteiger partial charge in [-0.3, -0.25) is 0 Å². The number of benzene rings is 1. The van der Waals surface area contributed by atoms with Crippen molar-refractivity contribution in [3.63, 3.8) is 0 Å². The summed E-state index contributed by atoms with van der Waals surface area (Å²) in [6, 6.07) is 5.98. The molecule has 0 saturated heterocycles. The highest BCUT2D eigenvalue weighted by atomic mass is 16.5. The summed E-state index contributed by atoms with van der Waals surface area (Å²) < 4.78 is 11.2. The van der Waals surface area contributed by atoms with Crippen molar-refractivity contribution < 1.29 is 9.47 Å². The van der Waals surface area contributed by atoms with Crippen molar-refractivity contribution in [2.45, 2.75) is 33.1 Å². The fourth-order valence-corrected chi connectivity index (χ4v) is 2.14. The van der Waals surface area contributed by atoms with Gasteiger partial charge in [0.1, 0.15) is 11.5 Å². The molecule has 0 spiro atoms. The smallest absolute Gasteiger partial charge is 0.142 e. The molecule has 1 aromatic carbocycles. The molecule has 18 heavy (non-hydrogen) atoms. The molecule has 100 valence electrons. The molecule has 1 aliphatic rings. The molecule has 0 aromatic heterocycles. The predicted molar refractivity (Wildman–Crippen MR) is 74.6 cm³/mol. The Kier molecular flexibility index (Phi) is 4.73. The lowest BCUT2D eigenvalue weighted by molar-refractivity contribution is 0.325. The van der Waals surface area contributed by atoms with Crippen LogP contribution >= 0.6 is 0 Å². The monoisotopic (exact) mass is 249 g/mol. The molecule has 0 heterocycles. The second kappa shape index (κ2) is 6.53. The first-order valence-electron chi connectivity index (χ1n) is 6.97. The number of hydrogen-bond acceptors (Lipinski definition) is 3. The van der Waals surface area contributed by atoms with Crippen molar-refractivity contribution in [3.8, 4) is 11.5 Å². The minimum absolute atomic E-state index is 0.687. The van der Waals surface area contributed by atoms with E-state index < -0.39 is 0 Å². The van der Waals surface area contributed by atoms with Crippen LogP contribution in [0.2, 0.25) is 0 Å². The van der Waals surface area contributed by atoms with Gasteiger partial charge < -0.3 is 14.8 Å². The summed E-state index contributed by atoms with van der Waals surface area (Å²) in [5, 5.41) is 3.49. The van der Waals surface area contributed by atoms with Crippen LogP contribution in [0.15, 0.2) is 18.2 Å². The normalized spacial score (nSPS) is 15.0. The molecule has 1 aromatic rings. The van der Waals surface area contributed by atoms with E-state index in [0.29, 0.717) is 13.2 Å². The molecule has 1 aliphatic carbocycles. The Morgan fingerprint density at radius 3 is 2.56 bits per heavy atom. The average molecular weight is 249 g/mol. The molecule has 3 nitrogen and oxygen atoms in total. The molecular formula is C15H23NO2. The molecule has 1 N–H and O–H groups in total. The van der Waals surface area contributed by atoms with Gasteiger partial charge >= 0.3 is 0 Å². The summed E-state index contributed by atoms with van der Waals surface area (Å²) in [4.78, 5) is 0. The van der Waals surface area contributed by atoms with Gasteiger partial charge in [-0.15, -0.1) is 0 Å². The maximum absolute atomic E-state index is 5.64. The second-order valence-electron chi connectivity index (χ2n) is 4.70. The molecule has 1 saturated carbocycles. The van der Waals surface area contributed by atoms with Gasteiger partial charge in [0.2, 0.25) is 0 Å². The fourth-order valence-electron chi connectivity index (χ4n) is 2.14. The van der Waals surface area contributed by atoms with Gasteiger partial charge in [-0.05, 0) is 44.7 Å². The van der Waals surface area contributed by atoms with Crippen molar-refractivity contribution in [2.24, 2.45) is 5.92 Å². The first-order valence-corrected chi connectivity index (χ1v) is 6.97. The van der Waals surface area contributed by atoms with E-state index >= 15 is 0 Å². The lowest BCUT2D eigenvalue weighted by atomic mass is 9.85. The molecule has 0 amide bonds. The van der Waals surface area contributed by atoms with Crippen LogP contribution < -0.4 is 14.8 Å². The Labute approximate surface area is 109 Å². The summed E-state index contributed by atoms with van der Waals surface area (Å²) in [6.45, 7) is 6.42. The molecule has 0 radical (unpaired) electrons. The van der Waals surface area contributed by atoms with Crippen molar-refractivity contribution in [1.82, 2.24) is 0 Å². The molecule has 2 rings (SSSR count). The minimum atomic E-state index is 0.687. The summed E-state index contributed by atoms with van der Waals surface area (Å²) in [5.41, 5.74) is 1.05. The Bertz CT molecular complexity index is 375. The second-order valence-corrected chi connectivity index (χ2v) is 4.70. The topological polar surface area (TPSA) is 30.5 Å². The van der Waals surface area contributed by atoms with E-state index in [1.807, 2.05) is 32.0 Å². The van der Waals surface area contributed by atoms with E-state index in [4.69, 9.17) is 9.47 Å². The number of rotatable bonds is 7. The van der Waals surface area contributed by atoms with Crippen molar-refractivity contribution >= 4 is 5.69 Å². The molecule has 0 bridgehead atoms. The maximum atomic E-state index is 5.64. The van der Waals surface area contributed by atoms with E-state index in [9.17, 15) is 0 Å². The number of nitrogens with one attached hydrogen (secondary N) is 1. The van der Waals surface area contributed by atoms with Gasteiger partial charge in [0.15, 0.2) is 0 Å². The summed E-state index contributed by atoms with van der Waals surface area (Å²) in [6.07, 6.45) is 4.08. The maximum Gasteiger partial charge on any atom is 0.142 e. The summed E-state index contributed by atoms with van der Waals surface area (Å²) in [5.74, 6) is 2.65. The third-order valence-corrected chi connectivity index (χ3v) is 3.37. The number of anilines is 1. The molecule has 1 fully saturated rings. The predicted octanol–water partition coefficient (Wildman–Crippen LogP) is 3.70. The standard InChI is InChI=1S/C15H23NO2/c1-3-17-13-8-9-15(18-4-2)14(10-13)16-11-12-6-5-7-12/h8-10,12,16H,3-7,11H2,1-2H3. The first kappa shape index (κ1) is 13.1. The van der Waals surface area contributed by atoms with E-state index in [0.717, 1.165) is 29.6 Å². The lowest BCUT2D eigenvalue weighted by Gasteiger charge is -2.26. The van der Waals surface area contributed by atoms with Crippen LogP contribution in [-0.2, 0) is 0 Å². The summed E-state index contributed by atoms with van der Waals surface area (Å²) >= 11 is 0. The van der Waals surface area contributed by atoms with Crippen LogP contribution in [0.25, 0.3) is 0 Å². The zero-order valence-electron chi connectivity index (χ0n) is 11.4. The van der Waals surface area contributed by atoms with E-state index in [2.05, 4.69) is 5.32 Å². The van der Waals surface area contributed by atoms with Crippen LogP contribution in [-0.4, -0.2) is 19.8 Å². The number of ether oxygens (including phenoxy) is 2. The Morgan fingerprint density at radius 1 is 1.17 bits per heavy atom. The van der Waals surface area contributed by atoms with Gasteiger partial charge in [0.05, 0.1) is 18.9 Å². The molecule has 0 atom stereocenters. The van der Waals surface area contributed by atoms with Crippen molar-refractivity contribution in [2.75, 3.05) is 25.1 Å². The van der Waals surface area contributed by atoms with Gasteiger partial charge in [-0.1, -0.05) is 6.42 Å². The molecular weight excluding hydrogens is 226 g/mol. The van der Waals surface area contributed by atoms with Crippen LogP contribution in [0.5, 0.6) is 11.5 Å². The quantitative estimate of drug-likeness (QED) is 0.799. The Hall–Kier alpha value is -1.38. The number of hydrogen-bond donors (Lipinski definition) is 1. The lowest BCUT2D eigenvalue weighted by Crippen LogP contribution is -2.21. The van der Waals surface area contributed by atoms with Crippen molar-refractivity contribution in [3.05, 3.63) is 18.2 Å². The largest absolute Gasteiger partial charge is 0.494 e. The van der Waals surface area contributed by atoms with Crippen LogP contribution in [0.1, 0.15) is 33.1 Å².